The fourth-order valence-electron chi connectivity index (χ4n) is 3.42. The number of rotatable bonds is 6. The fourth-order valence-corrected chi connectivity index (χ4v) is 3.42. The molecule has 1 saturated heterocycles. The van der Waals surface area contributed by atoms with E-state index in [1.807, 2.05) is 24.8 Å². The second-order valence-corrected chi connectivity index (χ2v) is 7.20. The summed E-state index contributed by atoms with van der Waals surface area (Å²) in [4.78, 5) is 27.9. The fraction of sp³-hybridized carbons (Fsp3) is 0.667. The summed E-state index contributed by atoms with van der Waals surface area (Å²) in [7, 11) is 0. The molecule has 8 heteroatoms. The summed E-state index contributed by atoms with van der Waals surface area (Å²) in [5.41, 5.74) is 1.99. The summed E-state index contributed by atoms with van der Waals surface area (Å²) in [6.07, 6.45) is 3.57. The zero-order valence-corrected chi connectivity index (χ0v) is 15.3. The molecule has 0 aromatic heterocycles. The van der Waals surface area contributed by atoms with Gasteiger partial charge in [-0.3, -0.25) is 14.8 Å². The summed E-state index contributed by atoms with van der Waals surface area (Å²) >= 11 is 0. The SMILES string of the molecule is CC(C)C[C@H](C(=O)N1CCN(C2=C(F)CCC=C2)CC1)[C@@H](O)C(=O)NO. The van der Waals surface area contributed by atoms with Crippen LogP contribution >= 0.6 is 0 Å². The highest BCUT2D eigenvalue weighted by atomic mass is 19.1. The largest absolute Gasteiger partial charge is 0.382 e. The molecule has 0 radical (unpaired) electrons. The molecule has 2 aliphatic rings. The predicted molar refractivity (Wildman–Crippen MR) is 93.5 cm³/mol. The van der Waals surface area contributed by atoms with Crippen LogP contribution in [0.15, 0.2) is 23.7 Å². The molecular weight excluding hydrogens is 341 g/mol. The van der Waals surface area contributed by atoms with E-state index >= 15 is 0 Å². The van der Waals surface area contributed by atoms with Crippen LogP contribution in [0.2, 0.25) is 0 Å². The van der Waals surface area contributed by atoms with Crippen molar-refractivity contribution in [2.75, 3.05) is 26.2 Å². The van der Waals surface area contributed by atoms with E-state index in [0.717, 1.165) is 0 Å². The van der Waals surface area contributed by atoms with Gasteiger partial charge in [0, 0.05) is 32.6 Å². The average Bonchev–Trinajstić information content (AvgIpc) is 2.64. The zero-order chi connectivity index (χ0) is 19.3. The van der Waals surface area contributed by atoms with Gasteiger partial charge in [-0.1, -0.05) is 19.9 Å². The maximum absolute atomic E-state index is 14.0. The maximum Gasteiger partial charge on any atom is 0.272 e. The lowest BCUT2D eigenvalue weighted by Gasteiger charge is -2.39. The van der Waals surface area contributed by atoms with Crippen LogP contribution < -0.4 is 5.48 Å². The van der Waals surface area contributed by atoms with Gasteiger partial charge in [0.05, 0.1) is 11.6 Å². The normalized spacial score (nSPS) is 20.4. The molecule has 1 aliphatic heterocycles. The maximum atomic E-state index is 14.0. The predicted octanol–water partition coefficient (Wildman–Crippen LogP) is 1.19. The van der Waals surface area contributed by atoms with Crippen molar-refractivity contribution in [1.82, 2.24) is 15.3 Å². The van der Waals surface area contributed by atoms with Crippen LogP contribution in [0.4, 0.5) is 4.39 Å². The topological polar surface area (TPSA) is 93.1 Å². The summed E-state index contributed by atoms with van der Waals surface area (Å²) < 4.78 is 14.0. The van der Waals surface area contributed by atoms with Crippen LogP contribution in [0.5, 0.6) is 0 Å². The number of halogens is 1. The number of nitrogens with zero attached hydrogens (tertiary/aromatic N) is 2. The molecule has 2 rings (SSSR count). The lowest BCUT2D eigenvalue weighted by atomic mass is 9.90. The third-order valence-corrected chi connectivity index (χ3v) is 4.82. The number of piperazine rings is 1. The molecule has 0 aromatic rings. The second kappa shape index (κ2) is 9.14. The van der Waals surface area contributed by atoms with E-state index in [4.69, 9.17) is 5.21 Å². The van der Waals surface area contributed by atoms with Crippen molar-refractivity contribution < 1.29 is 24.3 Å². The Bertz CT molecular complexity index is 583. The molecule has 1 heterocycles. The molecule has 1 fully saturated rings. The Hall–Kier alpha value is -1.93. The number of allylic oxidation sites excluding steroid dienone is 3. The van der Waals surface area contributed by atoms with Gasteiger partial charge in [0.15, 0.2) is 0 Å². The van der Waals surface area contributed by atoms with Crippen LogP contribution in [-0.2, 0) is 9.59 Å². The number of hydroxylamine groups is 1. The minimum absolute atomic E-state index is 0.0954. The molecule has 0 saturated carbocycles. The first-order valence-corrected chi connectivity index (χ1v) is 9.06. The first kappa shape index (κ1) is 20.4. The molecule has 0 bridgehead atoms. The van der Waals surface area contributed by atoms with Gasteiger partial charge in [-0.05, 0) is 24.8 Å². The lowest BCUT2D eigenvalue weighted by molar-refractivity contribution is -0.152. The van der Waals surface area contributed by atoms with Crippen LogP contribution in [0, 0.1) is 11.8 Å². The Morgan fingerprint density at radius 1 is 1.27 bits per heavy atom. The third-order valence-electron chi connectivity index (χ3n) is 4.82. The Kier molecular flexibility index (Phi) is 7.16. The highest BCUT2D eigenvalue weighted by Gasteiger charge is 2.36. The summed E-state index contributed by atoms with van der Waals surface area (Å²) in [5.74, 6) is -2.25. The minimum Gasteiger partial charge on any atom is -0.382 e. The number of aliphatic hydroxyl groups excluding tert-OH is 1. The van der Waals surface area contributed by atoms with Crippen molar-refractivity contribution in [2.24, 2.45) is 11.8 Å². The van der Waals surface area contributed by atoms with Gasteiger partial charge in [-0.2, -0.15) is 0 Å². The highest BCUT2D eigenvalue weighted by Crippen LogP contribution is 2.25. The standard InChI is InChI=1S/C18H28FN3O4/c1-12(2)11-13(16(23)17(24)20-26)18(25)22-9-7-21(8-10-22)15-6-4-3-5-14(15)19/h4,6,12-13,16,23,26H,3,5,7-11H2,1-2H3,(H,20,24)/t13-,16+/m0/s1. The molecule has 3 N–H and O–H groups in total. The van der Waals surface area contributed by atoms with Gasteiger partial charge in [-0.25, -0.2) is 9.87 Å². The molecule has 0 aromatic carbocycles. The van der Waals surface area contributed by atoms with E-state index in [9.17, 15) is 19.1 Å². The summed E-state index contributed by atoms with van der Waals surface area (Å²) in [5, 5.41) is 18.9. The molecule has 0 unspecified atom stereocenters. The molecule has 7 nitrogen and oxygen atoms in total. The monoisotopic (exact) mass is 369 g/mol. The number of carbonyl (C=O) groups is 2. The van der Waals surface area contributed by atoms with Gasteiger partial charge in [-0.15, -0.1) is 0 Å². The van der Waals surface area contributed by atoms with Crippen molar-refractivity contribution in [2.45, 2.75) is 39.2 Å². The van der Waals surface area contributed by atoms with Gasteiger partial charge in [0.25, 0.3) is 5.91 Å². The summed E-state index contributed by atoms with van der Waals surface area (Å²) in [6, 6.07) is 0. The second-order valence-electron chi connectivity index (χ2n) is 7.20. The Balaban J connectivity index is 2.02. The summed E-state index contributed by atoms with van der Waals surface area (Å²) in [6.45, 7) is 5.57. The molecule has 2 atom stereocenters. The van der Waals surface area contributed by atoms with Crippen molar-refractivity contribution in [3.05, 3.63) is 23.7 Å². The van der Waals surface area contributed by atoms with Crippen LogP contribution in [-0.4, -0.2) is 64.2 Å². The van der Waals surface area contributed by atoms with E-state index in [-0.39, 0.29) is 17.7 Å². The van der Waals surface area contributed by atoms with Gasteiger partial charge in [0.1, 0.15) is 11.9 Å². The number of carbonyl (C=O) groups excluding carboxylic acids is 2. The lowest BCUT2D eigenvalue weighted by Crippen LogP contribution is -2.53. The molecule has 26 heavy (non-hydrogen) atoms. The first-order chi connectivity index (χ1) is 12.3. The van der Waals surface area contributed by atoms with E-state index in [2.05, 4.69) is 0 Å². The minimum atomic E-state index is -1.60. The number of aliphatic hydroxyl groups is 1. The van der Waals surface area contributed by atoms with Crippen molar-refractivity contribution in [3.63, 3.8) is 0 Å². The number of amides is 2. The Labute approximate surface area is 153 Å². The number of nitrogens with one attached hydrogen (secondary N) is 1. The third kappa shape index (κ3) is 4.82. The quantitative estimate of drug-likeness (QED) is 0.483. The van der Waals surface area contributed by atoms with E-state index in [1.165, 1.54) is 5.48 Å². The van der Waals surface area contributed by atoms with Gasteiger partial charge >= 0.3 is 0 Å². The van der Waals surface area contributed by atoms with E-state index in [0.29, 0.717) is 51.1 Å². The smallest absolute Gasteiger partial charge is 0.272 e. The van der Waals surface area contributed by atoms with E-state index in [1.54, 1.807) is 11.0 Å². The molecular formula is C18H28FN3O4. The number of hydrogen-bond acceptors (Lipinski definition) is 5. The first-order valence-electron chi connectivity index (χ1n) is 9.06. The van der Waals surface area contributed by atoms with Crippen molar-refractivity contribution >= 4 is 11.8 Å². The molecule has 0 spiro atoms. The van der Waals surface area contributed by atoms with Crippen molar-refractivity contribution in [3.8, 4) is 0 Å². The van der Waals surface area contributed by atoms with Crippen LogP contribution in [0.25, 0.3) is 0 Å². The van der Waals surface area contributed by atoms with Crippen LogP contribution in [0.3, 0.4) is 0 Å². The molecule has 146 valence electrons. The molecule has 2 amide bonds. The Morgan fingerprint density at radius 2 is 1.92 bits per heavy atom. The average molecular weight is 369 g/mol. The number of hydrogen-bond donors (Lipinski definition) is 3. The van der Waals surface area contributed by atoms with Crippen LogP contribution in [0.1, 0.15) is 33.1 Å². The highest BCUT2D eigenvalue weighted by molar-refractivity contribution is 5.88. The van der Waals surface area contributed by atoms with Gasteiger partial charge < -0.3 is 14.9 Å². The van der Waals surface area contributed by atoms with Gasteiger partial charge in [0.2, 0.25) is 5.91 Å². The van der Waals surface area contributed by atoms with Crippen molar-refractivity contribution in [1.29, 1.82) is 0 Å². The zero-order valence-electron chi connectivity index (χ0n) is 15.3. The Morgan fingerprint density at radius 3 is 2.46 bits per heavy atom. The van der Waals surface area contributed by atoms with E-state index < -0.39 is 17.9 Å². The molecule has 1 aliphatic carbocycles.